The Morgan fingerprint density at radius 3 is 2.81 bits per heavy atom. The third-order valence-corrected chi connectivity index (χ3v) is 5.01. The van der Waals surface area contributed by atoms with E-state index in [1.54, 1.807) is 12.1 Å². The Labute approximate surface area is 157 Å². The predicted molar refractivity (Wildman–Crippen MR) is 102 cm³/mol. The number of halogens is 2. The maximum atomic E-state index is 13.2. The summed E-state index contributed by atoms with van der Waals surface area (Å²) in [7, 11) is 0. The number of hydrogen-bond acceptors (Lipinski definition) is 3. The number of imidazole rings is 1. The van der Waals surface area contributed by atoms with Gasteiger partial charge in [0, 0.05) is 33.5 Å². The molecule has 2 aromatic heterocycles. The number of nitrogens with one attached hydrogen (secondary N) is 1. The Balaban J connectivity index is 1.55. The molecule has 0 aliphatic heterocycles. The fraction of sp³-hybridized carbons (Fsp3) is 0.0526. The SMILES string of the molecule is O=C(Cc1csc2nc(-c3ccc(Cl)cc3)cn12)Nc1cccc(F)c1. The van der Waals surface area contributed by atoms with E-state index in [1.807, 2.05) is 40.2 Å². The highest BCUT2D eigenvalue weighted by molar-refractivity contribution is 7.15. The second kappa shape index (κ2) is 6.90. The van der Waals surface area contributed by atoms with Crippen molar-refractivity contribution < 1.29 is 9.18 Å². The quantitative estimate of drug-likeness (QED) is 0.535. The molecule has 130 valence electrons. The summed E-state index contributed by atoms with van der Waals surface area (Å²) in [6.07, 6.45) is 2.08. The van der Waals surface area contributed by atoms with Crippen molar-refractivity contribution in [2.24, 2.45) is 0 Å². The Morgan fingerprint density at radius 2 is 2.04 bits per heavy atom. The van der Waals surface area contributed by atoms with Gasteiger partial charge in [-0.05, 0) is 30.3 Å². The van der Waals surface area contributed by atoms with Crippen LogP contribution in [0.25, 0.3) is 16.2 Å². The van der Waals surface area contributed by atoms with Crippen LogP contribution < -0.4 is 5.32 Å². The molecule has 2 aromatic carbocycles. The number of nitrogens with zero attached hydrogens (tertiary/aromatic N) is 2. The molecule has 4 rings (SSSR count). The Morgan fingerprint density at radius 1 is 1.23 bits per heavy atom. The average molecular weight is 386 g/mol. The van der Waals surface area contributed by atoms with Crippen LogP contribution in [0, 0.1) is 5.82 Å². The number of thiazole rings is 1. The molecular weight excluding hydrogens is 373 g/mol. The van der Waals surface area contributed by atoms with Gasteiger partial charge >= 0.3 is 0 Å². The minimum Gasteiger partial charge on any atom is -0.326 e. The van der Waals surface area contributed by atoms with Gasteiger partial charge in [0.25, 0.3) is 0 Å². The minimum atomic E-state index is -0.386. The van der Waals surface area contributed by atoms with E-state index in [9.17, 15) is 9.18 Å². The van der Waals surface area contributed by atoms with Gasteiger partial charge in [-0.15, -0.1) is 11.3 Å². The van der Waals surface area contributed by atoms with Crippen molar-refractivity contribution in [2.45, 2.75) is 6.42 Å². The monoisotopic (exact) mass is 385 g/mol. The van der Waals surface area contributed by atoms with Crippen LogP contribution in [-0.4, -0.2) is 15.3 Å². The molecule has 0 fully saturated rings. The number of anilines is 1. The third-order valence-electron chi connectivity index (χ3n) is 3.87. The Bertz CT molecular complexity index is 1090. The van der Waals surface area contributed by atoms with Gasteiger partial charge in [0.2, 0.25) is 5.91 Å². The van der Waals surface area contributed by atoms with Crippen LogP contribution in [-0.2, 0) is 11.2 Å². The van der Waals surface area contributed by atoms with Gasteiger partial charge in [-0.2, -0.15) is 0 Å². The molecule has 0 atom stereocenters. The summed E-state index contributed by atoms with van der Waals surface area (Å²) in [6.45, 7) is 0. The van der Waals surface area contributed by atoms with E-state index in [1.165, 1.54) is 23.5 Å². The second-order valence-corrected chi connectivity index (χ2v) is 7.02. The summed E-state index contributed by atoms with van der Waals surface area (Å²) in [4.78, 5) is 17.7. The zero-order valence-corrected chi connectivity index (χ0v) is 15.0. The lowest BCUT2D eigenvalue weighted by atomic mass is 10.2. The first-order valence-corrected chi connectivity index (χ1v) is 9.11. The molecule has 0 saturated carbocycles. The third kappa shape index (κ3) is 3.47. The van der Waals surface area contributed by atoms with E-state index in [2.05, 4.69) is 10.3 Å². The van der Waals surface area contributed by atoms with Crippen LogP contribution in [0.1, 0.15) is 5.69 Å². The van der Waals surface area contributed by atoms with Crippen molar-refractivity contribution in [3.8, 4) is 11.3 Å². The van der Waals surface area contributed by atoms with E-state index in [-0.39, 0.29) is 18.1 Å². The van der Waals surface area contributed by atoms with Crippen molar-refractivity contribution in [2.75, 3.05) is 5.32 Å². The van der Waals surface area contributed by atoms with Crippen molar-refractivity contribution in [3.05, 3.63) is 76.6 Å². The molecular formula is C19H13ClFN3OS. The molecule has 0 aliphatic carbocycles. The van der Waals surface area contributed by atoms with Gasteiger partial charge in [-0.1, -0.05) is 29.8 Å². The molecule has 0 aliphatic rings. The molecule has 0 saturated heterocycles. The molecule has 0 radical (unpaired) electrons. The zero-order valence-electron chi connectivity index (χ0n) is 13.4. The number of benzene rings is 2. The first-order chi connectivity index (χ1) is 12.6. The summed E-state index contributed by atoms with van der Waals surface area (Å²) in [6, 6.07) is 13.3. The fourth-order valence-electron chi connectivity index (χ4n) is 2.65. The topological polar surface area (TPSA) is 46.4 Å². The average Bonchev–Trinajstić information content (AvgIpc) is 3.18. The first kappa shape index (κ1) is 16.8. The molecule has 0 spiro atoms. The lowest BCUT2D eigenvalue weighted by Gasteiger charge is -2.04. The standard InChI is InChI=1S/C19H13ClFN3OS/c20-13-6-4-12(5-7-13)17-10-24-16(11-26-19(24)23-17)9-18(25)22-15-3-1-2-14(21)8-15/h1-8,10-11H,9H2,(H,22,25). The molecule has 4 nitrogen and oxygen atoms in total. The molecule has 0 unspecified atom stereocenters. The number of fused-ring (bicyclic) bond motifs is 1. The molecule has 2 heterocycles. The summed E-state index contributed by atoms with van der Waals surface area (Å²) >= 11 is 7.39. The molecule has 1 amide bonds. The number of carbonyl (C=O) groups is 1. The lowest BCUT2D eigenvalue weighted by molar-refractivity contribution is -0.115. The lowest BCUT2D eigenvalue weighted by Crippen LogP contribution is -2.15. The van der Waals surface area contributed by atoms with Crippen molar-refractivity contribution in [1.29, 1.82) is 0 Å². The zero-order chi connectivity index (χ0) is 18.1. The highest BCUT2D eigenvalue weighted by atomic mass is 35.5. The maximum absolute atomic E-state index is 13.2. The number of carbonyl (C=O) groups excluding carboxylic acids is 1. The largest absolute Gasteiger partial charge is 0.326 e. The summed E-state index contributed by atoms with van der Waals surface area (Å²) in [5.74, 6) is -0.597. The first-order valence-electron chi connectivity index (χ1n) is 7.85. The van der Waals surface area contributed by atoms with E-state index in [0.717, 1.165) is 21.9 Å². The van der Waals surface area contributed by atoms with Crippen LogP contribution in [0.4, 0.5) is 10.1 Å². The van der Waals surface area contributed by atoms with E-state index >= 15 is 0 Å². The van der Waals surface area contributed by atoms with Gasteiger partial charge in [-0.25, -0.2) is 9.37 Å². The van der Waals surface area contributed by atoms with Gasteiger partial charge in [0.05, 0.1) is 12.1 Å². The van der Waals surface area contributed by atoms with Crippen LogP contribution in [0.2, 0.25) is 5.02 Å². The maximum Gasteiger partial charge on any atom is 0.230 e. The highest BCUT2D eigenvalue weighted by Gasteiger charge is 2.13. The van der Waals surface area contributed by atoms with Crippen molar-refractivity contribution in [3.63, 3.8) is 0 Å². The molecule has 7 heteroatoms. The van der Waals surface area contributed by atoms with Gasteiger partial charge in [0.1, 0.15) is 5.82 Å². The molecule has 1 N–H and O–H groups in total. The van der Waals surface area contributed by atoms with Crippen LogP contribution in [0.15, 0.2) is 60.1 Å². The molecule has 26 heavy (non-hydrogen) atoms. The Kier molecular flexibility index (Phi) is 4.44. The van der Waals surface area contributed by atoms with Crippen LogP contribution in [0.5, 0.6) is 0 Å². The number of hydrogen-bond donors (Lipinski definition) is 1. The second-order valence-electron chi connectivity index (χ2n) is 5.75. The fourth-order valence-corrected chi connectivity index (χ4v) is 3.65. The van der Waals surface area contributed by atoms with E-state index in [4.69, 9.17) is 11.6 Å². The van der Waals surface area contributed by atoms with Crippen molar-refractivity contribution in [1.82, 2.24) is 9.38 Å². The van der Waals surface area contributed by atoms with Gasteiger partial charge in [0.15, 0.2) is 4.96 Å². The molecule has 0 bridgehead atoms. The Hall–Kier alpha value is -2.70. The smallest absolute Gasteiger partial charge is 0.230 e. The summed E-state index contributed by atoms with van der Waals surface area (Å²) in [5, 5.41) is 5.28. The van der Waals surface area contributed by atoms with Crippen molar-refractivity contribution >= 4 is 39.5 Å². The molecule has 4 aromatic rings. The number of amides is 1. The summed E-state index contributed by atoms with van der Waals surface area (Å²) < 4.78 is 15.1. The van der Waals surface area contributed by atoms with E-state index < -0.39 is 0 Å². The highest BCUT2D eigenvalue weighted by Crippen LogP contribution is 2.25. The number of aromatic nitrogens is 2. The van der Waals surface area contributed by atoms with Gasteiger partial charge in [-0.3, -0.25) is 9.20 Å². The van der Waals surface area contributed by atoms with Crippen LogP contribution in [0.3, 0.4) is 0 Å². The van der Waals surface area contributed by atoms with E-state index in [0.29, 0.717) is 10.7 Å². The minimum absolute atomic E-state index is 0.174. The predicted octanol–water partition coefficient (Wildman–Crippen LogP) is 5.04. The number of rotatable bonds is 4. The van der Waals surface area contributed by atoms with Gasteiger partial charge < -0.3 is 5.32 Å². The van der Waals surface area contributed by atoms with Crippen LogP contribution >= 0.6 is 22.9 Å². The summed E-state index contributed by atoms with van der Waals surface area (Å²) in [5.41, 5.74) is 3.04. The normalized spacial score (nSPS) is 11.0.